The molecule has 0 radical (unpaired) electrons. The van der Waals surface area contributed by atoms with Crippen LogP contribution >= 0.6 is 0 Å². The Balaban J connectivity index is 2.05. The Morgan fingerprint density at radius 2 is 2.16 bits per heavy atom. The summed E-state index contributed by atoms with van der Waals surface area (Å²) in [6, 6.07) is 8.66. The molecule has 1 aliphatic rings. The van der Waals surface area contributed by atoms with Crippen LogP contribution in [-0.2, 0) is 4.74 Å². The molecule has 19 heavy (non-hydrogen) atoms. The number of nitrogens with one attached hydrogen (secondary N) is 1. The number of benzene rings is 1. The van der Waals surface area contributed by atoms with E-state index >= 15 is 0 Å². The minimum atomic E-state index is 0.267. The molecule has 2 rings (SSSR count). The van der Waals surface area contributed by atoms with E-state index in [1.54, 1.807) is 0 Å². The first kappa shape index (κ1) is 14.4. The highest BCUT2D eigenvalue weighted by atomic mass is 16.5. The van der Waals surface area contributed by atoms with E-state index in [1.807, 2.05) is 6.07 Å². The summed E-state index contributed by atoms with van der Waals surface area (Å²) in [4.78, 5) is 0. The van der Waals surface area contributed by atoms with E-state index < -0.39 is 0 Å². The van der Waals surface area contributed by atoms with Gasteiger partial charge in [0.15, 0.2) is 0 Å². The van der Waals surface area contributed by atoms with Gasteiger partial charge in [0.05, 0.1) is 19.3 Å². The zero-order chi connectivity index (χ0) is 13.7. The first-order valence-corrected chi connectivity index (χ1v) is 7.29. The molecule has 0 saturated carbocycles. The summed E-state index contributed by atoms with van der Waals surface area (Å²) in [5.41, 5.74) is 1.31. The number of ether oxygens (including phenoxy) is 2. The summed E-state index contributed by atoms with van der Waals surface area (Å²) >= 11 is 0. The lowest BCUT2D eigenvalue weighted by molar-refractivity contribution is 0.0537. The molecule has 0 spiro atoms. The first-order chi connectivity index (χ1) is 9.22. The Morgan fingerprint density at radius 1 is 1.37 bits per heavy atom. The van der Waals surface area contributed by atoms with Crippen LogP contribution in [0.2, 0.25) is 0 Å². The van der Waals surface area contributed by atoms with Crippen molar-refractivity contribution in [1.82, 2.24) is 5.32 Å². The lowest BCUT2D eigenvalue weighted by Crippen LogP contribution is -2.40. The molecule has 0 saturated heterocycles. The van der Waals surface area contributed by atoms with Crippen LogP contribution < -0.4 is 10.1 Å². The molecule has 0 fully saturated rings. The number of hydrogen-bond acceptors (Lipinski definition) is 3. The lowest BCUT2D eigenvalue weighted by atomic mass is 9.93. The van der Waals surface area contributed by atoms with Gasteiger partial charge in [-0.25, -0.2) is 0 Å². The number of para-hydroxylation sites is 1. The molecule has 0 bridgehead atoms. The Kier molecular flexibility index (Phi) is 5.23. The van der Waals surface area contributed by atoms with Gasteiger partial charge in [-0.05, 0) is 32.9 Å². The smallest absolute Gasteiger partial charge is 0.122 e. The Morgan fingerprint density at radius 3 is 2.89 bits per heavy atom. The molecule has 0 aliphatic carbocycles. The molecule has 1 heterocycles. The van der Waals surface area contributed by atoms with Gasteiger partial charge in [-0.3, -0.25) is 0 Å². The molecule has 1 N–H and O–H groups in total. The zero-order valence-corrected chi connectivity index (χ0v) is 12.2. The normalized spacial score (nSPS) is 19.3. The summed E-state index contributed by atoms with van der Waals surface area (Å²) in [5, 5.41) is 3.60. The minimum Gasteiger partial charge on any atom is -0.493 e. The van der Waals surface area contributed by atoms with Crippen molar-refractivity contribution in [1.29, 1.82) is 0 Å². The monoisotopic (exact) mass is 263 g/mol. The largest absolute Gasteiger partial charge is 0.493 e. The van der Waals surface area contributed by atoms with Gasteiger partial charge in [-0.15, -0.1) is 0 Å². The van der Waals surface area contributed by atoms with E-state index in [0.29, 0.717) is 12.0 Å². The fourth-order valence-corrected chi connectivity index (χ4v) is 2.46. The van der Waals surface area contributed by atoms with Crippen molar-refractivity contribution in [3.63, 3.8) is 0 Å². The summed E-state index contributed by atoms with van der Waals surface area (Å²) in [7, 11) is 0. The van der Waals surface area contributed by atoms with Gasteiger partial charge in [0, 0.05) is 17.5 Å². The predicted molar refractivity (Wildman–Crippen MR) is 77.8 cm³/mol. The summed E-state index contributed by atoms with van der Waals surface area (Å²) in [6.07, 6.45) is 1.40. The van der Waals surface area contributed by atoms with Crippen LogP contribution in [0.3, 0.4) is 0 Å². The Labute approximate surface area is 116 Å². The topological polar surface area (TPSA) is 30.5 Å². The van der Waals surface area contributed by atoms with E-state index in [1.165, 1.54) is 5.56 Å². The number of hydrogen-bond donors (Lipinski definition) is 1. The van der Waals surface area contributed by atoms with Crippen molar-refractivity contribution in [3.05, 3.63) is 29.8 Å². The first-order valence-electron chi connectivity index (χ1n) is 7.29. The molecular formula is C16H25NO2. The third-order valence-corrected chi connectivity index (χ3v) is 3.49. The third-order valence-electron chi connectivity index (χ3n) is 3.49. The van der Waals surface area contributed by atoms with Crippen molar-refractivity contribution in [3.8, 4) is 5.75 Å². The van der Waals surface area contributed by atoms with Gasteiger partial charge in [-0.2, -0.15) is 0 Å². The van der Waals surface area contributed by atoms with E-state index in [2.05, 4.69) is 44.3 Å². The van der Waals surface area contributed by atoms with Crippen molar-refractivity contribution >= 4 is 0 Å². The van der Waals surface area contributed by atoms with Crippen LogP contribution in [0.5, 0.6) is 5.75 Å². The van der Waals surface area contributed by atoms with Crippen LogP contribution in [0.25, 0.3) is 0 Å². The van der Waals surface area contributed by atoms with Gasteiger partial charge in [0.1, 0.15) is 5.75 Å². The van der Waals surface area contributed by atoms with Crippen molar-refractivity contribution in [2.75, 3.05) is 19.8 Å². The van der Waals surface area contributed by atoms with Crippen LogP contribution in [-0.4, -0.2) is 31.9 Å². The molecule has 1 aliphatic heterocycles. The third kappa shape index (κ3) is 3.71. The second-order valence-corrected chi connectivity index (χ2v) is 5.40. The van der Waals surface area contributed by atoms with Gasteiger partial charge in [0.2, 0.25) is 0 Å². The minimum absolute atomic E-state index is 0.267. The standard InChI is InChI=1S/C16H25NO2/c1-4-9-17-15(11-18-12(2)3)14-10-19-16-8-6-5-7-13(14)16/h5-8,12,14-15,17H,4,9-11H2,1-3H3. The van der Waals surface area contributed by atoms with Crippen molar-refractivity contribution in [2.45, 2.75) is 45.3 Å². The molecule has 1 aromatic rings. The highest BCUT2D eigenvalue weighted by Gasteiger charge is 2.31. The van der Waals surface area contributed by atoms with E-state index in [9.17, 15) is 0 Å². The van der Waals surface area contributed by atoms with Gasteiger partial charge >= 0.3 is 0 Å². The zero-order valence-electron chi connectivity index (χ0n) is 12.2. The second-order valence-electron chi connectivity index (χ2n) is 5.40. The highest BCUT2D eigenvalue weighted by Crippen LogP contribution is 2.35. The summed E-state index contributed by atoms with van der Waals surface area (Å²) < 4.78 is 11.6. The molecule has 2 unspecified atom stereocenters. The van der Waals surface area contributed by atoms with Crippen LogP contribution in [0.1, 0.15) is 38.7 Å². The number of rotatable bonds is 7. The molecule has 106 valence electrons. The maximum Gasteiger partial charge on any atom is 0.122 e. The molecule has 3 heteroatoms. The quantitative estimate of drug-likeness (QED) is 0.820. The van der Waals surface area contributed by atoms with Crippen LogP contribution in [0.15, 0.2) is 24.3 Å². The Hall–Kier alpha value is -1.06. The van der Waals surface area contributed by atoms with E-state index in [4.69, 9.17) is 9.47 Å². The van der Waals surface area contributed by atoms with E-state index in [-0.39, 0.29) is 6.10 Å². The van der Waals surface area contributed by atoms with Crippen molar-refractivity contribution in [2.24, 2.45) is 0 Å². The van der Waals surface area contributed by atoms with Gasteiger partial charge < -0.3 is 14.8 Å². The molecule has 2 atom stereocenters. The predicted octanol–water partition coefficient (Wildman–Crippen LogP) is 2.96. The number of fused-ring (bicyclic) bond motifs is 1. The fraction of sp³-hybridized carbons (Fsp3) is 0.625. The molecular weight excluding hydrogens is 238 g/mol. The average molecular weight is 263 g/mol. The molecule has 1 aromatic carbocycles. The van der Waals surface area contributed by atoms with Crippen LogP contribution in [0.4, 0.5) is 0 Å². The van der Waals surface area contributed by atoms with Gasteiger partial charge in [0.25, 0.3) is 0 Å². The lowest BCUT2D eigenvalue weighted by Gasteiger charge is -2.25. The maximum atomic E-state index is 5.81. The maximum absolute atomic E-state index is 5.81. The average Bonchev–Trinajstić information content (AvgIpc) is 2.83. The van der Waals surface area contributed by atoms with Crippen LogP contribution in [0, 0.1) is 0 Å². The molecule has 0 amide bonds. The second kappa shape index (κ2) is 6.92. The van der Waals surface area contributed by atoms with Crippen molar-refractivity contribution < 1.29 is 9.47 Å². The van der Waals surface area contributed by atoms with Gasteiger partial charge in [-0.1, -0.05) is 25.1 Å². The fourth-order valence-electron chi connectivity index (χ4n) is 2.46. The Bertz CT molecular complexity index is 392. The molecule has 0 aromatic heterocycles. The SMILES string of the molecule is CCCNC(COC(C)C)C1COc2ccccc21. The molecule has 3 nitrogen and oxygen atoms in total. The summed E-state index contributed by atoms with van der Waals surface area (Å²) in [6.45, 7) is 8.85. The van der Waals surface area contributed by atoms with E-state index in [0.717, 1.165) is 31.9 Å². The highest BCUT2D eigenvalue weighted by molar-refractivity contribution is 5.40. The summed E-state index contributed by atoms with van der Waals surface area (Å²) in [5.74, 6) is 1.42.